The highest BCUT2D eigenvalue weighted by Gasteiger charge is 2.25. The second-order valence-corrected chi connectivity index (χ2v) is 4.15. The Kier molecular flexibility index (Phi) is 3.55. The third-order valence-corrected chi connectivity index (χ3v) is 3.04. The molecule has 0 fully saturated rings. The molecule has 2 rings (SSSR count). The number of carbonyl (C=O) groups is 1. The molecule has 3 N–H and O–H groups in total. The van der Waals surface area contributed by atoms with Gasteiger partial charge >= 0.3 is 5.97 Å². The molecule has 0 bridgehead atoms. The summed E-state index contributed by atoms with van der Waals surface area (Å²) in [7, 11) is 1.31. The molecule has 19 heavy (non-hydrogen) atoms. The highest BCUT2D eigenvalue weighted by Crippen LogP contribution is 2.26. The predicted molar refractivity (Wildman–Crippen MR) is 69.7 cm³/mol. The molecule has 0 amide bonds. The maximum absolute atomic E-state index is 11.6. The van der Waals surface area contributed by atoms with E-state index in [9.17, 15) is 4.79 Å². The molecule has 1 atom stereocenters. The molecule has 1 unspecified atom stereocenters. The molecule has 0 aliphatic rings. The number of rotatable bonds is 4. The lowest BCUT2D eigenvalue weighted by atomic mass is 10.2. The number of imidazole rings is 2. The van der Waals surface area contributed by atoms with Gasteiger partial charge in [0.1, 0.15) is 17.5 Å². The van der Waals surface area contributed by atoms with Crippen LogP contribution in [0, 0.1) is 6.92 Å². The number of hydrogen-bond acceptors (Lipinski definition) is 5. The van der Waals surface area contributed by atoms with Crippen molar-refractivity contribution in [2.75, 3.05) is 12.8 Å². The Morgan fingerprint density at radius 1 is 1.63 bits per heavy atom. The fourth-order valence-corrected chi connectivity index (χ4v) is 2.16. The van der Waals surface area contributed by atoms with Crippen LogP contribution < -0.4 is 5.73 Å². The first-order chi connectivity index (χ1) is 9.10. The molecule has 2 aromatic heterocycles. The van der Waals surface area contributed by atoms with E-state index in [0.717, 1.165) is 12.2 Å². The van der Waals surface area contributed by atoms with Crippen LogP contribution in [-0.4, -0.2) is 32.6 Å². The zero-order valence-corrected chi connectivity index (χ0v) is 11.2. The maximum Gasteiger partial charge on any atom is 0.360 e. The highest BCUT2D eigenvalue weighted by molar-refractivity contribution is 5.92. The van der Waals surface area contributed by atoms with Crippen LogP contribution in [0.1, 0.15) is 41.5 Å². The van der Waals surface area contributed by atoms with Gasteiger partial charge in [-0.15, -0.1) is 0 Å². The normalized spacial score (nSPS) is 12.4. The first kappa shape index (κ1) is 13.1. The van der Waals surface area contributed by atoms with E-state index in [2.05, 4.69) is 19.7 Å². The lowest BCUT2D eigenvalue weighted by molar-refractivity contribution is 0.0595. The van der Waals surface area contributed by atoms with Crippen molar-refractivity contribution in [1.82, 2.24) is 19.5 Å². The van der Waals surface area contributed by atoms with E-state index >= 15 is 0 Å². The lowest BCUT2D eigenvalue weighted by Gasteiger charge is -2.17. The van der Waals surface area contributed by atoms with Crippen LogP contribution in [0.15, 0.2) is 12.4 Å². The van der Waals surface area contributed by atoms with E-state index in [1.54, 1.807) is 23.9 Å². The number of H-pyrrole nitrogens is 1. The second kappa shape index (κ2) is 5.13. The van der Waals surface area contributed by atoms with Crippen molar-refractivity contribution in [1.29, 1.82) is 0 Å². The van der Waals surface area contributed by atoms with Crippen molar-refractivity contribution in [3.63, 3.8) is 0 Å². The summed E-state index contributed by atoms with van der Waals surface area (Å²) in [6.45, 7) is 3.82. The molecule has 7 nitrogen and oxygen atoms in total. The number of carbonyl (C=O) groups excluding carboxylic acids is 1. The number of anilines is 1. The number of aryl methyl sites for hydroxylation is 1. The Labute approximate surface area is 110 Å². The summed E-state index contributed by atoms with van der Waals surface area (Å²) >= 11 is 0. The molecule has 102 valence electrons. The van der Waals surface area contributed by atoms with Gasteiger partial charge in [0, 0.05) is 12.4 Å². The van der Waals surface area contributed by atoms with Crippen LogP contribution >= 0.6 is 0 Å². The van der Waals surface area contributed by atoms with Crippen molar-refractivity contribution < 1.29 is 9.53 Å². The lowest BCUT2D eigenvalue weighted by Crippen LogP contribution is -2.16. The molecule has 0 aliphatic heterocycles. The number of aromatic amines is 1. The smallest absolute Gasteiger partial charge is 0.360 e. The summed E-state index contributed by atoms with van der Waals surface area (Å²) in [5, 5.41) is 0. The van der Waals surface area contributed by atoms with Gasteiger partial charge in [-0.3, -0.25) is 0 Å². The maximum atomic E-state index is 11.6. The summed E-state index contributed by atoms with van der Waals surface area (Å²) in [5.74, 6) is 1.20. The second-order valence-electron chi connectivity index (χ2n) is 4.15. The first-order valence-electron chi connectivity index (χ1n) is 6.02. The predicted octanol–water partition coefficient (Wildman–Crippen LogP) is 1.28. The fraction of sp³-hybridized carbons (Fsp3) is 0.417. The minimum absolute atomic E-state index is 0.0825. The molecule has 0 aliphatic carbocycles. The summed E-state index contributed by atoms with van der Waals surface area (Å²) in [6, 6.07) is -0.0825. The molecule has 0 saturated carbocycles. The quantitative estimate of drug-likeness (QED) is 0.810. The minimum atomic E-state index is -0.534. The number of methoxy groups -OCH3 is 1. The van der Waals surface area contributed by atoms with E-state index in [0.29, 0.717) is 11.6 Å². The number of nitrogens with one attached hydrogen (secondary N) is 1. The van der Waals surface area contributed by atoms with Gasteiger partial charge in [-0.25, -0.2) is 14.8 Å². The van der Waals surface area contributed by atoms with Gasteiger partial charge < -0.3 is 20.0 Å². The third-order valence-electron chi connectivity index (χ3n) is 3.04. The largest absolute Gasteiger partial charge is 0.464 e. The number of aromatic nitrogens is 4. The van der Waals surface area contributed by atoms with E-state index in [4.69, 9.17) is 5.73 Å². The van der Waals surface area contributed by atoms with Gasteiger partial charge in [-0.1, -0.05) is 6.92 Å². The number of hydrogen-bond donors (Lipinski definition) is 2. The number of nitrogens with zero attached hydrogens (tertiary/aromatic N) is 3. The molecule has 0 saturated heterocycles. The Balaban J connectivity index is 2.50. The molecular formula is C12H17N5O2. The Hall–Kier alpha value is -2.31. The van der Waals surface area contributed by atoms with Crippen molar-refractivity contribution in [2.45, 2.75) is 26.3 Å². The average molecular weight is 263 g/mol. The van der Waals surface area contributed by atoms with E-state index in [-0.39, 0.29) is 11.7 Å². The average Bonchev–Trinajstić information content (AvgIpc) is 3.02. The monoisotopic (exact) mass is 263 g/mol. The van der Waals surface area contributed by atoms with Crippen LogP contribution in [-0.2, 0) is 4.74 Å². The minimum Gasteiger partial charge on any atom is -0.464 e. The SMILES string of the molecule is CCC(c1ncc[nH]1)n1c(C)nc(C(=O)OC)c1N. The number of esters is 1. The number of ether oxygens (including phenoxy) is 1. The molecule has 2 heterocycles. The fourth-order valence-electron chi connectivity index (χ4n) is 2.16. The zero-order valence-electron chi connectivity index (χ0n) is 11.2. The van der Waals surface area contributed by atoms with E-state index in [1.807, 2.05) is 6.92 Å². The van der Waals surface area contributed by atoms with Crippen molar-refractivity contribution in [2.24, 2.45) is 0 Å². The molecular weight excluding hydrogens is 246 g/mol. The molecule has 7 heteroatoms. The summed E-state index contributed by atoms with van der Waals surface area (Å²) in [5.41, 5.74) is 6.16. The van der Waals surface area contributed by atoms with Crippen molar-refractivity contribution >= 4 is 11.8 Å². The van der Waals surface area contributed by atoms with Gasteiger partial charge in [0.05, 0.1) is 13.2 Å². The Morgan fingerprint density at radius 3 is 2.89 bits per heavy atom. The van der Waals surface area contributed by atoms with E-state index in [1.165, 1.54) is 7.11 Å². The van der Waals surface area contributed by atoms with Gasteiger partial charge in [0.2, 0.25) is 0 Å². The van der Waals surface area contributed by atoms with Gasteiger partial charge in [-0.05, 0) is 13.3 Å². The first-order valence-corrected chi connectivity index (χ1v) is 6.02. The molecule has 0 aromatic carbocycles. The van der Waals surface area contributed by atoms with Crippen molar-refractivity contribution in [3.05, 3.63) is 29.7 Å². The third kappa shape index (κ3) is 2.18. The summed E-state index contributed by atoms with van der Waals surface area (Å²) in [4.78, 5) is 23.1. The van der Waals surface area contributed by atoms with Crippen LogP contribution in [0.4, 0.5) is 5.82 Å². The van der Waals surface area contributed by atoms with Gasteiger partial charge in [0.15, 0.2) is 5.69 Å². The number of nitrogens with two attached hydrogens (primary N) is 1. The Bertz CT molecular complexity index is 573. The zero-order chi connectivity index (χ0) is 14.0. The Morgan fingerprint density at radius 2 is 2.37 bits per heavy atom. The van der Waals surface area contributed by atoms with Crippen LogP contribution in [0.25, 0.3) is 0 Å². The van der Waals surface area contributed by atoms with Gasteiger partial charge in [0.25, 0.3) is 0 Å². The summed E-state index contributed by atoms with van der Waals surface area (Å²) in [6.07, 6.45) is 4.21. The molecule has 0 radical (unpaired) electrons. The van der Waals surface area contributed by atoms with Crippen LogP contribution in [0.5, 0.6) is 0 Å². The van der Waals surface area contributed by atoms with Crippen LogP contribution in [0.2, 0.25) is 0 Å². The molecule has 2 aromatic rings. The molecule has 0 spiro atoms. The van der Waals surface area contributed by atoms with Gasteiger partial charge in [-0.2, -0.15) is 0 Å². The van der Waals surface area contributed by atoms with Crippen LogP contribution in [0.3, 0.4) is 0 Å². The topological polar surface area (TPSA) is 98.8 Å². The summed E-state index contributed by atoms with van der Waals surface area (Å²) < 4.78 is 6.47. The standard InChI is InChI=1S/C12H17N5O2/c1-4-8(11-14-5-6-15-11)17-7(2)16-9(10(17)13)12(18)19-3/h5-6,8H,4,13H2,1-3H3,(H,14,15). The van der Waals surface area contributed by atoms with E-state index < -0.39 is 5.97 Å². The highest BCUT2D eigenvalue weighted by atomic mass is 16.5. The number of nitrogen functional groups attached to an aromatic ring is 1. The van der Waals surface area contributed by atoms with Crippen molar-refractivity contribution in [3.8, 4) is 0 Å².